The van der Waals surface area contributed by atoms with E-state index >= 15 is 0 Å². The number of ether oxygens (including phenoxy) is 3. The van der Waals surface area contributed by atoms with Crippen molar-refractivity contribution < 1.29 is 19.0 Å². The molecule has 3 rings (SSSR count). The highest BCUT2D eigenvalue weighted by Gasteiger charge is 2.35. The van der Waals surface area contributed by atoms with Gasteiger partial charge in [-0.15, -0.1) is 0 Å². The molecule has 0 fully saturated rings. The Morgan fingerprint density at radius 1 is 1.08 bits per heavy atom. The zero-order valence-electron chi connectivity index (χ0n) is 15.0. The Hall–Kier alpha value is -2.69. The molecule has 1 N–H and O–H groups in total. The van der Waals surface area contributed by atoms with Crippen molar-refractivity contribution in [2.45, 2.75) is 31.9 Å². The van der Waals surface area contributed by atoms with Gasteiger partial charge >= 0.3 is 0 Å². The van der Waals surface area contributed by atoms with E-state index in [0.717, 1.165) is 22.8 Å². The minimum absolute atomic E-state index is 0.126. The van der Waals surface area contributed by atoms with Gasteiger partial charge in [-0.1, -0.05) is 0 Å². The van der Waals surface area contributed by atoms with E-state index in [4.69, 9.17) is 14.2 Å². The van der Waals surface area contributed by atoms with Crippen LogP contribution in [0.5, 0.6) is 17.2 Å². The van der Waals surface area contributed by atoms with Crippen molar-refractivity contribution in [1.82, 2.24) is 5.32 Å². The summed E-state index contributed by atoms with van der Waals surface area (Å²) in [6, 6.07) is 12.6. The summed E-state index contributed by atoms with van der Waals surface area (Å²) in [5, 5.41) is 3.12. The van der Waals surface area contributed by atoms with E-state index < -0.39 is 0 Å². The van der Waals surface area contributed by atoms with Crippen LogP contribution in [0.15, 0.2) is 42.5 Å². The molecule has 132 valence electrons. The fourth-order valence-electron chi connectivity index (χ4n) is 3.07. The van der Waals surface area contributed by atoms with Gasteiger partial charge in [0, 0.05) is 17.5 Å². The summed E-state index contributed by atoms with van der Waals surface area (Å²) < 4.78 is 16.5. The topological polar surface area (TPSA) is 56.8 Å². The molecule has 5 nitrogen and oxygen atoms in total. The van der Waals surface area contributed by atoms with E-state index in [1.807, 2.05) is 32.0 Å². The number of nitrogens with one attached hydrogen (secondary N) is 1. The van der Waals surface area contributed by atoms with Crippen molar-refractivity contribution in [1.29, 1.82) is 0 Å². The number of amides is 1. The first-order chi connectivity index (χ1) is 11.9. The lowest BCUT2D eigenvalue weighted by molar-refractivity contribution is 0.0618. The van der Waals surface area contributed by atoms with E-state index in [1.54, 1.807) is 38.5 Å². The number of carbonyl (C=O) groups excluding carboxylic acids is 1. The number of hydrogen-bond donors (Lipinski definition) is 1. The number of methoxy groups -OCH3 is 2. The lowest BCUT2D eigenvalue weighted by atomic mass is 9.89. The first-order valence-corrected chi connectivity index (χ1v) is 8.24. The van der Waals surface area contributed by atoms with Gasteiger partial charge < -0.3 is 19.5 Å². The van der Waals surface area contributed by atoms with Crippen LogP contribution in [-0.2, 0) is 0 Å². The molecule has 0 spiro atoms. The molecular formula is C20H23NO4. The van der Waals surface area contributed by atoms with Crippen molar-refractivity contribution in [3.05, 3.63) is 53.6 Å². The molecule has 0 bridgehead atoms. The predicted molar refractivity (Wildman–Crippen MR) is 95.5 cm³/mol. The van der Waals surface area contributed by atoms with Crippen LogP contribution < -0.4 is 19.5 Å². The van der Waals surface area contributed by atoms with Crippen molar-refractivity contribution >= 4 is 5.91 Å². The van der Waals surface area contributed by atoms with Gasteiger partial charge in [0.2, 0.25) is 0 Å². The second-order valence-electron chi connectivity index (χ2n) is 6.72. The maximum absolute atomic E-state index is 12.7. The number of benzene rings is 2. The van der Waals surface area contributed by atoms with Gasteiger partial charge in [0.05, 0.1) is 20.3 Å². The SMILES string of the molecule is COc1ccc(C(=O)N[C@@H]2CC(C)(C)Oc3ccc(OC)cc32)cc1. The summed E-state index contributed by atoms with van der Waals surface area (Å²) in [5.74, 6) is 2.11. The molecule has 1 amide bonds. The Balaban J connectivity index is 1.86. The second kappa shape index (κ2) is 6.67. The van der Waals surface area contributed by atoms with Gasteiger partial charge in [-0.05, 0) is 56.3 Å². The number of hydrogen-bond acceptors (Lipinski definition) is 4. The molecule has 5 heteroatoms. The van der Waals surface area contributed by atoms with Crippen LogP contribution in [0.4, 0.5) is 0 Å². The molecule has 0 radical (unpaired) electrons. The van der Waals surface area contributed by atoms with Crippen molar-refractivity contribution in [3.63, 3.8) is 0 Å². The average Bonchev–Trinajstić information content (AvgIpc) is 2.60. The van der Waals surface area contributed by atoms with Crippen LogP contribution in [-0.4, -0.2) is 25.7 Å². The summed E-state index contributed by atoms with van der Waals surface area (Å²) in [7, 11) is 3.23. The molecule has 2 aromatic rings. The summed E-state index contributed by atoms with van der Waals surface area (Å²) in [5.41, 5.74) is 1.16. The van der Waals surface area contributed by atoms with E-state index in [1.165, 1.54) is 0 Å². The summed E-state index contributed by atoms with van der Waals surface area (Å²) in [4.78, 5) is 12.7. The number of fused-ring (bicyclic) bond motifs is 1. The third-order valence-corrected chi connectivity index (χ3v) is 4.33. The Morgan fingerprint density at radius 2 is 1.72 bits per heavy atom. The van der Waals surface area contributed by atoms with Crippen molar-refractivity contribution in [2.75, 3.05) is 14.2 Å². The first kappa shape index (κ1) is 17.1. The third kappa shape index (κ3) is 3.71. The van der Waals surface area contributed by atoms with Gasteiger partial charge in [-0.3, -0.25) is 4.79 Å². The zero-order chi connectivity index (χ0) is 18.0. The Morgan fingerprint density at radius 3 is 2.36 bits per heavy atom. The van der Waals surface area contributed by atoms with Gasteiger partial charge in [-0.2, -0.15) is 0 Å². The van der Waals surface area contributed by atoms with Crippen LogP contribution in [0.25, 0.3) is 0 Å². The zero-order valence-corrected chi connectivity index (χ0v) is 15.0. The Kier molecular flexibility index (Phi) is 4.57. The maximum Gasteiger partial charge on any atom is 0.251 e. The molecule has 0 aliphatic carbocycles. The maximum atomic E-state index is 12.7. The molecule has 1 aliphatic rings. The van der Waals surface area contributed by atoms with E-state index in [0.29, 0.717) is 12.0 Å². The molecule has 0 aromatic heterocycles. The number of carbonyl (C=O) groups is 1. The highest BCUT2D eigenvalue weighted by atomic mass is 16.5. The van der Waals surface area contributed by atoms with E-state index in [-0.39, 0.29) is 17.6 Å². The monoisotopic (exact) mass is 341 g/mol. The molecule has 0 unspecified atom stereocenters. The normalized spacial score (nSPS) is 17.8. The minimum Gasteiger partial charge on any atom is -0.497 e. The van der Waals surface area contributed by atoms with Crippen LogP contribution in [0.1, 0.15) is 42.2 Å². The lowest BCUT2D eigenvalue weighted by Gasteiger charge is -2.38. The molecule has 0 saturated heterocycles. The molecule has 1 heterocycles. The quantitative estimate of drug-likeness (QED) is 0.920. The van der Waals surface area contributed by atoms with E-state index in [2.05, 4.69) is 5.32 Å². The smallest absolute Gasteiger partial charge is 0.251 e. The average molecular weight is 341 g/mol. The second-order valence-corrected chi connectivity index (χ2v) is 6.72. The van der Waals surface area contributed by atoms with Crippen LogP contribution in [0.3, 0.4) is 0 Å². The van der Waals surface area contributed by atoms with Crippen molar-refractivity contribution in [3.8, 4) is 17.2 Å². The molecular weight excluding hydrogens is 318 g/mol. The third-order valence-electron chi connectivity index (χ3n) is 4.33. The number of rotatable bonds is 4. The highest BCUT2D eigenvalue weighted by Crippen LogP contribution is 2.41. The summed E-state index contributed by atoms with van der Waals surface area (Å²) >= 11 is 0. The standard InChI is InChI=1S/C20H23NO4/c1-20(2)12-17(16-11-15(24-4)9-10-18(16)25-20)21-19(22)13-5-7-14(23-3)8-6-13/h5-11,17H,12H2,1-4H3,(H,21,22)/t17-/m1/s1. The highest BCUT2D eigenvalue weighted by molar-refractivity contribution is 5.94. The summed E-state index contributed by atoms with van der Waals surface area (Å²) in [6.07, 6.45) is 0.676. The largest absolute Gasteiger partial charge is 0.497 e. The van der Waals surface area contributed by atoms with Crippen LogP contribution in [0.2, 0.25) is 0 Å². The van der Waals surface area contributed by atoms with Crippen LogP contribution in [0, 0.1) is 0 Å². The molecule has 2 aromatic carbocycles. The van der Waals surface area contributed by atoms with Gasteiger partial charge in [-0.25, -0.2) is 0 Å². The van der Waals surface area contributed by atoms with Gasteiger partial charge in [0.1, 0.15) is 22.8 Å². The minimum atomic E-state index is -0.362. The lowest BCUT2D eigenvalue weighted by Crippen LogP contribution is -2.41. The molecule has 25 heavy (non-hydrogen) atoms. The van der Waals surface area contributed by atoms with Gasteiger partial charge in [0.25, 0.3) is 5.91 Å². The predicted octanol–water partition coefficient (Wildman–Crippen LogP) is 3.74. The first-order valence-electron chi connectivity index (χ1n) is 8.24. The van der Waals surface area contributed by atoms with Gasteiger partial charge in [0.15, 0.2) is 0 Å². The van der Waals surface area contributed by atoms with Crippen molar-refractivity contribution in [2.24, 2.45) is 0 Å². The van der Waals surface area contributed by atoms with E-state index in [9.17, 15) is 4.79 Å². The Bertz CT molecular complexity index is 768. The summed E-state index contributed by atoms with van der Waals surface area (Å²) in [6.45, 7) is 4.04. The molecule has 1 atom stereocenters. The Labute approximate surface area is 147 Å². The fraction of sp³-hybridized carbons (Fsp3) is 0.350. The fourth-order valence-corrected chi connectivity index (χ4v) is 3.07. The molecule has 1 aliphatic heterocycles. The molecule has 0 saturated carbocycles. The van der Waals surface area contributed by atoms with Crippen LogP contribution >= 0.6 is 0 Å².